The number of pyridine rings is 1. The molecule has 0 aliphatic rings. The van der Waals surface area contributed by atoms with Crippen molar-refractivity contribution in [3.63, 3.8) is 0 Å². The maximum absolute atomic E-state index is 11.9. The van der Waals surface area contributed by atoms with Crippen LogP contribution in [0.3, 0.4) is 0 Å². The van der Waals surface area contributed by atoms with Crippen LogP contribution in [0.4, 0.5) is 5.95 Å². The molecule has 0 saturated heterocycles. The number of anilines is 1. The molecule has 2 rings (SSSR count). The van der Waals surface area contributed by atoms with Crippen LogP contribution in [0, 0.1) is 6.92 Å². The monoisotopic (exact) mass is 275 g/mol. The molecule has 0 unspecified atom stereocenters. The topological polar surface area (TPSA) is 62.5 Å². The quantitative estimate of drug-likeness (QED) is 0.871. The Morgan fingerprint density at radius 3 is 2.80 bits per heavy atom. The maximum Gasteiger partial charge on any atom is 0.243 e. The lowest BCUT2D eigenvalue weighted by Crippen LogP contribution is -2.31. The van der Waals surface area contributed by atoms with Gasteiger partial charge in [-0.3, -0.25) is 4.79 Å². The third kappa shape index (κ3) is 3.26. The predicted molar refractivity (Wildman–Crippen MR) is 78.8 cm³/mol. The molecule has 6 heteroatoms. The van der Waals surface area contributed by atoms with E-state index in [4.69, 9.17) is 0 Å². The van der Waals surface area contributed by atoms with Gasteiger partial charge in [-0.2, -0.15) is 4.98 Å². The fourth-order valence-electron chi connectivity index (χ4n) is 2.08. The van der Waals surface area contributed by atoms with E-state index >= 15 is 0 Å². The average Bonchev–Trinajstić information content (AvgIpc) is 2.82. The fraction of sp³-hybridized carbons (Fsp3) is 0.500. The minimum Gasteiger partial charge on any atom is -0.352 e. The van der Waals surface area contributed by atoms with E-state index < -0.39 is 0 Å². The summed E-state index contributed by atoms with van der Waals surface area (Å²) in [5, 5.41) is 7.42. The van der Waals surface area contributed by atoms with Crippen LogP contribution in [0.2, 0.25) is 0 Å². The molecule has 1 amide bonds. The second kappa shape index (κ2) is 6.36. The number of nitrogens with one attached hydrogen (secondary N) is 1. The molecule has 0 aliphatic carbocycles. The van der Waals surface area contributed by atoms with Crippen molar-refractivity contribution in [2.24, 2.45) is 0 Å². The molecule has 0 saturated carbocycles. The molecule has 2 heterocycles. The zero-order chi connectivity index (χ0) is 14.5. The highest BCUT2D eigenvalue weighted by atomic mass is 16.2. The predicted octanol–water partition coefficient (Wildman–Crippen LogP) is 1.71. The summed E-state index contributed by atoms with van der Waals surface area (Å²) in [6, 6.07) is 3.92. The van der Waals surface area contributed by atoms with E-state index in [1.165, 1.54) is 0 Å². The van der Waals surface area contributed by atoms with Crippen LogP contribution in [0.15, 0.2) is 18.3 Å². The van der Waals surface area contributed by atoms with Gasteiger partial charge in [0.05, 0.1) is 0 Å². The van der Waals surface area contributed by atoms with Crippen LogP contribution in [0.1, 0.15) is 25.8 Å². The molecule has 0 radical (unpaired) electrons. The van der Waals surface area contributed by atoms with Crippen molar-refractivity contribution in [3.05, 3.63) is 23.9 Å². The molecule has 6 nitrogen and oxygen atoms in total. The molecule has 1 N–H and O–H groups in total. The van der Waals surface area contributed by atoms with Gasteiger partial charge in [-0.15, -0.1) is 5.10 Å². The molecule has 0 aromatic carbocycles. The summed E-state index contributed by atoms with van der Waals surface area (Å²) < 4.78 is 1.74. The van der Waals surface area contributed by atoms with E-state index in [9.17, 15) is 4.79 Å². The van der Waals surface area contributed by atoms with Crippen LogP contribution in [-0.2, 0) is 4.79 Å². The van der Waals surface area contributed by atoms with E-state index in [1.54, 1.807) is 4.52 Å². The molecule has 2 aromatic heterocycles. The van der Waals surface area contributed by atoms with Crippen molar-refractivity contribution >= 4 is 17.5 Å². The number of fused-ring (bicyclic) bond motifs is 1. The van der Waals surface area contributed by atoms with Crippen molar-refractivity contribution in [3.8, 4) is 0 Å². The molecule has 0 spiro atoms. The number of nitrogens with zero attached hydrogens (tertiary/aromatic N) is 4. The Balaban J connectivity index is 1.91. The average molecular weight is 275 g/mol. The summed E-state index contributed by atoms with van der Waals surface area (Å²) in [6.45, 7) is 8.03. The molecule has 108 valence electrons. The summed E-state index contributed by atoms with van der Waals surface area (Å²) in [7, 11) is 0. The van der Waals surface area contributed by atoms with Crippen molar-refractivity contribution in [1.29, 1.82) is 0 Å². The molecule has 0 atom stereocenters. The van der Waals surface area contributed by atoms with Crippen LogP contribution in [0.25, 0.3) is 5.65 Å². The van der Waals surface area contributed by atoms with Crippen molar-refractivity contribution in [2.75, 3.05) is 25.0 Å². The first-order chi connectivity index (χ1) is 9.63. The molecule has 0 aliphatic heterocycles. The zero-order valence-corrected chi connectivity index (χ0v) is 12.3. The highest BCUT2D eigenvalue weighted by molar-refractivity contribution is 5.76. The van der Waals surface area contributed by atoms with Crippen LogP contribution < -0.4 is 5.32 Å². The van der Waals surface area contributed by atoms with Crippen molar-refractivity contribution in [1.82, 2.24) is 19.5 Å². The Morgan fingerprint density at radius 1 is 1.35 bits per heavy atom. The van der Waals surface area contributed by atoms with E-state index in [0.717, 1.165) is 24.3 Å². The van der Waals surface area contributed by atoms with E-state index in [1.807, 2.05) is 44.0 Å². The summed E-state index contributed by atoms with van der Waals surface area (Å²) in [5.74, 6) is 0.713. The van der Waals surface area contributed by atoms with Gasteiger partial charge < -0.3 is 10.2 Å². The lowest BCUT2D eigenvalue weighted by molar-refractivity contribution is -0.130. The first-order valence-corrected chi connectivity index (χ1v) is 6.98. The van der Waals surface area contributed by atoms with Crippen LogP contribution in [-0.4, -0.2) is 45.0 Å². The fourth-order valence-corrected chi connectivity index (χ4v) is 2.08. The zero-order valence-electron chi connectivity index (χ0n) is 12.3. The lowest BCUT2D eigenvalue weighted by Gasteiger charge is -2.18. The first kappa shape index (κ1) is 14.3. The summed E-state index contributed by atoms with van der Waals surface area (Å²) in [4.78, 5) is 18.0. The molecule has 20 heavy (non-hydrogen) atoms. The van der Waals surface area contributed by atoms with E-state index in [-0.39, 0.29) is 5.91 Å². The molecular weight excluding hydrogens is 254 g/mol. The molecular formula is C14H21N5O. The Labute approximate surface area is 118 Å². The number of aromatic nitrogens is 3. The third-order valence-electron chi connectivity index (χ3n) is 3.22. The second-order valence-corrected chi connectivity index (χ2v) is 4.69. The van der Waals surface area contributed by atoms with Gasteiger partial charge in [-0.05, 0) is 32.4 Å². The highest BCUT2D eigenvalue weighted by Crippen LogP contribution is 2.07. The number of hydrogen-bond acceptors (Lipinski definition) is 4. The Kier molecular flexibility index (Phi) is 4.55. The van der Waals surface area contributed by atoms with Crippen LogP contribution in [0.5, 0.6) is 0 Å². The van der Waals surface area contributed by atoms with Gasteiger partial charge in [0, 0.05) is 32.3 Å². The van der Waals surface area contributed by atoms with Gasteiger partial charge in [0.25, 0.3) is 0 Å². The SMILES string of the molecule is CCN(CC)C(=O)CCNc1nc2ccc(C)cn2n1. The highest BCUT2D eigenvalue weighted by Gasteiger charge is 2.09. The standard InChI is InChI=1S/C14H21N5O/c1-4-18(5-2)13(20)8-9-15-14-16-12-7-6-11(3)10-19(12)17-14/h6-7,10H,4-5,8-9H2,1-3H3,(H,15,17). The van der Waals surface area contributed by atoms with Crippen molar-refractivity contribution in [2.45, 2.75) is 27.2 Å². The summed E-state index contributed by atoms with van der Waals surface area (Å²) >= 11 is 0. The van der Waals surface area contributed by atoms with Crippen molar-refractivity contribution < 1.29 is 4.79 Å². The molecule has 0 bridgehead atoms. The van der Waals surface area contributed by atoms with Gasteiger partial charge in [-0.1, -0.05) is 6.07 Å². The Morgan fingerprint density at radius 2 is 2.10 bits per heavy atom. The van der Waals surface area contributed by atoms with Gasteiger partial charge >= 0.3 is 0 Å². The number of hydrogen-bond donors (Lipinski definition) is 1. The lowest BCUT2D eigenvalue weighted by atomic mass is 10.3. The van der Waals surface area contributed by atoms with Gasteiger partial charge in [0.1, 0.15) is 0 Å². The Hall–Kier alpha value is -2.11. The Bertz CT molecular complexity index is 588. The second-order valence-electron chi connectivity index (χ2n) is 4.69. The van der Waals surface area contributed by atoms with E-state index in [0.29, 0.717) is 18.9 Å². The van der Waals surface area contributed by atoms with E-state index in [2.05, 4.69) is 15.4 Å². The molecule has 0 fully saturated rings. The number of amides is 1. The smallest absolute Gasteiger partial charge is 0.243 e. The summed E-state index contributed by atoms with van der Waals surface area (Å²) in [6.07, 6.45) is 2.38. The van der Waals surface area contributed by atoms with Crippen LogP contribution >= 0.6 is 0 Å². The normalized spacial score (nSPS) is 10.8. The van der Waals surface area contributed by atoms with Gasteiger partial charge in [0.15, 0.2) is 5.65 Å². The number of carbonyl (C=O) groups is 1. The van der Waals surface area contributed by atoms with Gasteiger partial charge in [-0.25, -0.2) is 4.52 Å². The summed E-state index contributed by atoms with van der Waals surface area (Å²) in [5.41, 5.74) is 1.93. The number of aryl methyl sites for hydroxylation is 1. The minimum absolute atomic E-state index is 0.155. The number of carbonyl (C=O) groups excluding carboxylic acids is 1. The maximum atomic E-state index is 11.9. The first-order valence-electron chi connectivity index (χ1n) is 6.98. The largest absolute Gasteiger partial charge is 0.352 e. The number of rotatable bonds is 6. The molecule has 2 aromatic rings. The van der Waals surface area contributed by atoms with Gasteiger partial charge in [0.2, 0.25) is 11.9 Å². The minimum atomic E-state index is 0.155. The third-order valence-corrected chi connectivity index (χ3v) is 3.22.